The monoisotopic (exact) mass is 157 g/mol. The number of likely N-dealkylation sites (tertiary alicyclic amines) is 1. The summed E-state index contributed by atoms with van der Waals surface area (Å²) in [5.41, 5.74) is 0. The van der Waals surface area contributed by atoms with E-state index in [2.05, 4.69) is 25.7 Å². The number of hydrogen-bond donors (Lipinski definition) is 1. The van der Waals surface area contributed by atoms with Crippen LogP contribution in [-0.4, -0.2) is 35.2 Å². The molecule has 1 heterocycles. The lowest BCUT2D eigenvalue weighted by Gasteiger charge is -2.40. The number of piperidine rings is 1. The minimum Gasteiger partial charge on any atom is -0.393 e. The zero-order valence-electron chi connectivity index (χ0n) is 7.75. The summed E-state index contributed by atoms with van der Waals surface area (Å²) in [4.78, 5) is 2.43. The fraction of sp³-hybridized carbons (Fsp3) is 1.00. The van der Waals surface area contributed by atoms with Crippen LogP contribution in [0.1, 0.15) is 27.2 Å². The van der Waals surface area contributed by atoms with E-state index in [1.165, 1.54) is 0 Å². The zero-order valence-corrected chi connectivity index (χ0v) is 7.75. The molecular formula is C9H19NO. The lowest BCUT2D eigenvalue weighted by Crippen LogP contribution is -2.48. The molecule has 1 saturated heterocycles. The van der Waals surface area contributed by atoms with Crippen molar-refractivity contribution >= 4 is 0 Å². The maximum atomic E-state index is 9.53. The molecule has 0 radical (unpaired) electrons. The fourth-order valence-electron chi connectivity index (χ4n) is 1.86. The molecule has 1 fully saturated rings. The van der Waals surface area contributed by atoms with Crippen LogP contribution in [0.2, 0.25) is 0 Å². The Kier molecular flexibility index (Phi) is 2.90. The molecule has 0 aliphatic carbocycles. The third kappa shape index (κ3) is 1.74. The van der Waals surface area contributed by atoms with Crippen LogP contribution in [0.15, 0.2) is 0 Å². The average Bonchev–Trinajstić information content (AvgIpc) is 2.01. The lowest BCUT2D eigenvalue weighted by atomic mass is 9.89. The molecule has 1 rings (SSSR count). The van der Waals surface area contributed by atoms with E-state index in [4.69, 9.17) is 0 Å². The van der Waals surface area contributed by atoms with Crippen molar-refractivity contribution in [2.75, 3.05) is 13.1 Å². The summed E-state index contributed by atoms with van der Waals surface area (Å²) in [6, 6.07) is 0.545. The Hall–Kier alpha value is -0.0800. The van der Waals surface area contributed by atoms with Crippen LogP contribution in [0.4, 0.5) is 0 Å². The Morgan fingerprint density at radius 3 is 2.64 bits per heavy atom. The topological polar surface area (TPSA) is 23.5 Å². The molecule has 66 valence electrons. The predicted molar refractivity (Wildman–Crippen MR) is 46.5 cm³/mol. The molecule has 11 heavy (non-hydrogen) atoms. The molecule has 0 aromatic carbocycles. The van der Waals surface area contributed by atoms with Crippen LogP contribution in [0.5, 0.6) is 0 Å². The summed E-state index contributed by atoms with van der Waals surface area (Å²) < 4.78 is 0. The van der Waals surface area contributed by atoms with Gasteiger partial charge in [-0.1, -0.05) is 13.8 Å². The molecule has 2 heteroatoms. The van der Waals surface area contributed by atoms with Gasteiger partial charge in [0.15, 0.2) is 0 Å². The maximum Gasteiger partial charge on any atom is 0.0592 e. The minimum atomic E-state index is -0.0761. The van der Waals surface area contributed by atoms with Crippen LogP contribution in [0.3, 0.4) is 0 Å². The molecule has 0 aromatic rings. The van der Waals surface area contributed by atoms with Gasteiger partial charge in [-0.3, -0.25) is 0 Å². The van der Waals surface area contributed by atoms with E-state index in [-0.39, 0.29) is 6.10 Å². The molecule has 0 saturated carbocycles. The van der Waals surface area contributed by atoms with E-state index in [1.807, 2.05) is 0 Å². The third-order valence-corrected chi connectivity index (χ3v) is 3.06. The summed E-state index contributed by atoms with van der Waals surface area (Å²) in [6.07, 6.45) is 0.868. The molecule has 0 bridgehead atoms. The average molecular weight is 157 g/mol. The zero-order chi connectivity index (χ0) is 8.43. The van der Waals surface area contributed by atoms with E-state index in [9.17, 15) is 5.11 Å². The van der Waals surface area contributed by atoms with Gasteiger partial charge in [0.05, 0.1) is 6.10 Å². The molecule has 0 amide bonds. The van der Waals surface area contributed by atoms with Crippen molar-refractivity contribution < 1.29 is 5.11 Å². The van der Waals surface area contributed by atoms with Gasteiger partial charge in [0, 0.05) is 12.6 Å². The van der Waals surface area contributed by atoms with Gasteiger partial charge in [0.1, 0.15) is 0 Å². The SMILES string of the molecule is CCN1CCC(O)C(C)C1C. The molecule has 1 N–H and O–H groups in total. The highest BCUT2D eigenvalue weighted by Crippen LogP contribution is 2.22. The Morgan fingerprint density at radius 1 is 1.45 bits per heavy atom. The first-order valence-electron chi connectivity index (χ1n) is 4.59. The van der Waals surface area contributed by atoms with Gasteiger partial charge < -0.3 is 10.0 Å². The first-order valence-corrected chi connectivity index (χ1v) is 4.59. The largest absolute Gasteiger partial charge is 0.393 e. The molecule has 1 aliphatic heterocycles. The Bertz CT molecular complexity index is 125. The van der Waals surface area contributed by atoms with Gasteiger partial charge >= 0.3 is 0 Å². The van der Waals surface area contributed by atoms with Gasteiger partial charge in [0.25, 0.3) is 0 Å². The van der Waals surface area contributed by atoms with Crippen LogP contribution in [-0.2, 0) is 0 Å². The predicted octanol–water partition coefficient (Wildman–Crippen LogP) is 1.10. The van der Waals surface area contributed by atoms with Crippen molar-refractivity contribution in [3.05, 3.63) is 0 Å². The molecule has 1 aliphatic rings. The molecule has 3 atom stereocenters. The van der Waals surface area contributed by atoms with Gasteiger partial charge in [-0.15, -0.1) is 0 Å². The van der Waals surface area contributed by atoms with E-state index in [0.29, 0.717) is 12.0 Å². The van der Waals surface area contributed by atoms with Gasteiger partial charge in [0.2, 0.25) is 0 Å². The summed E-state index contributed by atoms with van der Waals surface area (Å²) in [5.74, 6) is 0.434. The van der Waals surface area contributed by atoms with Crippen LogP contribution >= 0.6 is 0 Å². The van der Waals surface area contributed by atoms with Crippen molar-refractivity contribution in [3.63, 3.8) is 0 Å². The lowest BCUT2D eigenvalue weighted by molar-refractivity contribution is 0.000891. The number of rotatable bonds is 1. The molecule has 3 unspecified atom stereocenters. The first kappa shape index (κ1) is 9.01. The number of nitrogens with zero attached hydrogens (tertiary/aromatic N) is 1. The van der Waals surface area contributed by atoms with E-state index in [1.54, 1.807) is 0 Å². The number of aliphatic hydroxyl groups is 1. The first-order chi connectivity index (χ1) is 5.16. The highest BCUT2D eigenvalue weighted by atomic mass is 16.3. The number of aliphatic hydroxyl groups excluding tert-OH is 1. The summed E-state index contributed by atoms with van der Waals surface area (Å²) >= 11 is 0. The standard InChI is InChI=1S/C9H19NO/c1-4-10-6-5-9(11)7(2)8(10)3/h7-9,11H,4-6H2,1-3H3. The Labute approximate surface area is 69.2 Å². The van der Waals surface area contributed by atoms with Crippen molar-refractivity contribution in [1.29, 1.82) is 0 Å². The van der Waals surface area contributed by atoms with Crippen molar-refractivity contribution in [3.8, 4) is 0 Å². The normalized spacial score (nSPS) is 40.9. The second kappa shape index (κ2) is 3.55. The van der Waals surface area contributed by atoms with Crippen molar-refractivity contribution in [2.24, 2.45) is 5.92 Å². The van der Waals surface area contributed by atoms with Crippen molar-refractivity contribution in [1.82, 2.24) is 4.90 Å². The van der Waals surface area contributed by atoms with E-state index < -0.39 is 0 Å². The fourth-order valence-corrected chi connectivity index (χ4v) is 1.86. The van der Waals surface area contributed by atoms with Crippen LogP contribution < -0.4 is 0 Å². The van der Waals surface area contributed by atoms with Gasteiger partial charge in [-0.05, 0) is 25.8 Å². The van der Waals surface area contributed by atoms with Crippen LogP contribution in [0.25, 0.3) is 0 Å². The van der Waals surface area contributed by atoms with Crippen LogP contribution in [0, 0.1) is 5.92 Å². The summed E-state index contributed by atoms with van der Waals surface area (Å²) in [6.45, 7) is 8.69. The second-order valence-electron chi connectivity index (χ2n) is 3.58. The van der Waals surface area contributed by atoms with Crippen molar-refractivity contribution in [2.45, 2.75) is 39.3 Å². The smallest absolute Gasteiger partial charge is 0.0592 e. The summed E-state index contributed by atoms with van der Waals surface area (Å²) in [5, 5.41) is 9.53. The van der Waals surface area contributed by atoms with Gasteiger partial charge in [-0.25, -0.2) is 0 Å². The quantitative estimate of drug-likeness (QED) is 0.616. The minimum absolute atomic E-state index is 0.0761. The highest BCUT2D eigenvalue weighted by Gasteiger charge is 2.29. The Morgan fingerprint density at radius 2 is 2.09 bits per heavy atom. The molecular weight excluding hydrogens is 138 g/mol. The molecule has 0 aromatic heterocycles. The Balaban J connectivity index is 2.52. The third-order valence-electron chi connectivity index (χ3n) is 3.06. The maximum absolute atomic E-state index is 9.53. The second-order valence-corrected chi connectivity index (χ2v) is 3.58. The molecule has 0 spiro atoms. The van der Waals surface area contributed by atoms with E-state index in [0.717, 1.165) is 19.5 Å². The van der Waals surface area contributed by atoms with Gasteiger partial charge in [-0.2, -0.15) is 0 Å². The highest BCUT2D eigenvalue weighted by molar-refractivity contribution is 4.83. The molecule has 2 nitrogen and oxygen atoms in total. The number of hydrogen-bond acceptors (Lipinski definition) is 2. The van der Waals surface area contributed by atoms with E-state index >= 15 is 0 Å². The summed E-state index contributed by atoms with van der Waals surface area (Å²) in [7, 11) is 0.